The first-order valence-electron chi connectivity index (χ1n) is 2.28. The van der Waals surface area contributed by atoms with Crippen molar-refractivity contribution in [2.75, 3.05) is 6.67 Å². The Morgan fingerprint density at radius 2 is 2.33 bits per heavy atom. The Labute approximate surface area is 50.8 Å². The van der Waals surface area contributed by atoms with Crippen molar-refractivity contribution < 1.29 is 18.7 Å². The van der Waals surface area contributed by atoms with Crippen LogP contribution in [0, 0.1) is 0 Å². The van der Waals surface area contributed by atoms with E-state index in [1.807, 2.05) is 0 Å². The highest BCUT2D eigenvalue weighted by atomic mass is 19.2. The highest BCUT2D eigenvalue weighted by Gasteiger charge is 1.98. The van der Waals surface area contributed by atoms with Gasteiger partial charge in [0.15, 0.2) is 0 Å². The summed E-state index contributed by atoms with van der Waals surface area (Å²) in [5.74, 6) is -1.27. The molecule has 0 saturated heterocycles. The molecule has 4 heteroatoms. The van der Waals surface area contributed by atoms with Gasteiger partial charge in [-0.25, -0.2) is 13.6 Å². The van der Waals surface area contributed by atoms with Gasteiger partial charge in [0.25, 0.3) is 0 Å². The molecule has 0 aromatic heterocycles. The predicted octanol–water partition coefficient (Wildman–Crippen LogP) is 0.935. The third-order valence-corrected chi connectivity index (χ3v) is 0.595. The molecule has 1 unspecified atom stereocenters. The van der Waals surface area contributed by atoms with Gasteiger partial charge in [0.05, 0.1) is 0 Å². The van der Waals surface area contributed by atoms with Gasteiger partial charge in [-0.05, 0) is 6.08 Å². The summed E-state index contributed by atoms with van der Waals surface area (Å²) in [7, 11) is 0. The van der Waals surface area contributed by atoms with E-state index >= 15 is 0 Å². The Kier molecular flexibility index (Phi) is 3.59. The first-order valence-corrected chi connectivity index (χ1v) is 2.28. The van der Waals surface area contributed by atoms with Crippen molar-refractivity contribution >= 4 is 5.97 Å². The summed E-state index contributed by atoms with van der Waals surface area (Å²) in [6, 6.07) is 0. The minimum atomic E-state index is -1.79. The quantitative estimate of drug-likeness (QED) is 0.586. The fourth-order valence-corrected chi connectivity index (χ4v) is 0.238. The molecule has 0 fully saturated rings. The zero-order valence-corrected chi connectivity index (χ0v) is 4.55. The van der Waals surface area contributed by atoms with Crippen molar-refractivity contribution in [3.63, 3.8) is 0 Å². The molecule has 0 radical (unpaired) electrons. The SMILES string of the molecule is O=C(O)C=CC(F)CF. The molecule has 9 heavy (non-hydrogen) atoms. The first kappa shape index (κ1) is 8.07. The van der Waals surface area contributed by atoms with Crippen LogP contribution >= 0.6 is 0 Å². The van der Waals surface area contributed by atoms with Crippen molar-refractivity contribution in [2.24, 2.45) is 0 Å². The van der Waals surface area contributed by atoms with Crippen LogP contribution in [0.3, 0.4) is 0 Å². The largest absolute Gasteiger partial charge is 0.478 e. The minimum absolute atomic E-state index is 0.574. The number of allylic oxidation sites excluding steroid dienone is 1. The van der Waals surface area contributed by atoms with Crippen molar-refractivity contribution in [1.29, 1.82) is 0 Å². The van der Waals surface area contributed by atoms with Gasteiger partial charge in [0.2, 0.25) is 0 Å². The topological polar surface area (TPSA) is 37.3 Å². The average molecular weight is 136 g/mol. The van der Waals surface area contributed by atoms with Crippen LogP contribution in [0.1, 0.15) is 0 Å². The van der Waals surface area contributed by atoms with Crippen molar-refractivity contribution in [3.05, 3.63) is 12.2 Å². The maximum Gasteiger partial charge on any atom is 0.328 e. The first-order chi connectivity index (χ1) is 4.16. The molecule has 0 aromatic carbocycles. The van der Waals surface area contributed by atoms with Crippen LogP contribution in [0.25, 0.3) is 0 Å². The van der Waals surface area contributed by atoms with E-state index in [-0.39, 0.29) is 0 Å². The van der Waals surface area contributed by atoms with Crippen molar-refractivity contribution in [2.45, 2.75) is 6.17 Å². The lowest BCUT2D eigenvalue weighted by atomic mass is 10.4. The number of aliphatic carboxylic acids is 1. The monoisotopic (exact) mass is 136 g/mol. The number of halogens is 2. The summed E-state index contributed by atoms with van der Waals surface area (Å²) in [4.78, 5) is 9.64. The second-order valence-electron chi connectivity index (χ2n) is 1.37. The molecular weight excluding hydrogens is 130 g/mol. The van der Waals surface area contributed by atoms with Crippen LogP contribution in [-0.4, -0.2) is 23.9 Å². The number of rotatable bonds is 3. The zero-order chi connectivity index (χ0) is 7.28. The summed E-state index contributed by atoms with van der Waals surface area (Å²) in [6.45, 7) is -1.18. The number of carbonyl (C=O) groups is 1. The summed E-state index contributed by atoms with van der Waals surface area (Å²) in [5.41, 5.74) is 0. The minimum Gasteiger partial charge on any atom is -0.478 e. The van der Waals surface area contributed by atoms with Crippen LogP contribution in [-0.2, 0) is 4.79 Å². The van der Waals surface area contributed by atoms with E-state index in [1.54, 1.807) is 0 Å². The molecule has 2 nitrogen and oxygen atoms in total. The van der Waals surface area contributed by atoms with Gasteiger partial charge in [-0.15, -0.1) is 0 Å². The van der Waals surface area contributed by atoms with Crippen LogP contribution in [0.2, 0.25) is 0 Å². The van der Waals surface area contributed by atoms with Crippen LogP contribution in [0.5, 0.6) is 0 Å². The normalized spacial score (nSPS) is 14.0. The van der Waals surface area contributed by atoms with E-state index < -0.39 is 18.8 Å². The van der Waals surface area contributed by atoms with Crippen LogP contribution in [0.15, 0.2) is 12.2 Å². The third kappa shape index (κ3) is 4.93. The van der Waals surface area contributed by atoms with Gasteiger partial charge in [0.1, 0.15) is 12.8 Å². The molecule has 0 aliphatic rings. The number of hydrogen-bond acceptors (Lipinski definition) is 1. The summed E-state index contributed by atoms with van der Waals surface area (Å²) in [6.07, 6.45) is -0.562. The predicted molar refractivity (Wildman–Crippen MR) is 27.6 cm³/mol. The zero-order valence-electron chi connectivity index (χ0n) is 4.55. The van der Waals surface area contributed by atoms with Gasteiger partial charge in [-0.1, -0.05) is 0 Å². The van der Waals surface area contributed by atoms with Gasteiger partial charge in [0, 0.05) is 6.08 Å². The molecule has 1 atom stereocenters. The second kappa shape index (κ2) is 4.00. The average Bonchev–Trinajstić information content (AvgIpc) is 1.83. The fraction of sp³-hybridized carbons (Fsp3) is 0.400. The molecule has 1 N–H and O–H groups in total. The summed E-state index contributed by atoms with van der Waals surface area (Å²) < 4.78 is 23.0. The van der Waals surface area contributed by atoms with E-state index in [2.05, 4.69) is 0 Å². The molecule has 0 aliphatic carbocycles. The van der Waals surface area contributed by atoms with E-state index in [4.69, 9.17) is 5.11 Å². The van der Waals surface area contributed by atoms with E-state index in [0.29, 0.717) is 12.2 Å². The van der Waals surface area contributed by atoms with Gasteiger partial charge in [-0.2, -0.15) is 0 Å². The Hall–Kier alpha value is -0.930. The van der Waals surface area contributed by atoms with E-state index in [1.165, 1.54) is 0 Å². The molecule has 0 bridgehead atoms. The molecule has 0 aromatic rings. The van der Waals surface area contributed by atoms with Crippen molar-refractivity contribution in [1.82, 2.24) is 0 Å². The Morgan fingerprint density at radius 1 is 1.78 bits per heavy atom. The fourth-order valence-electron chi connectivity index (χ4n) is 0.238. The van der Waals surface area contributed by atoms with Gasteiger partial charge < -0.3 is 5.11 Å². The Balaban J connectivity index is 3.56. The van der Waals surface area contributed by atoms with Crippen LogP contribution in [0.4, 0.5) is 8.78 Å². The maximum absolute atomic E-state index is 11.8. The number of carboxylic acids is 1. The van der Waals surface area contributed by atoms with E-state index in [0.717, 1.165) is 0 Å². The van der Waals surface area contributed by atoms with Gasteiger partial charge in [-0.3, -0.25) is 0 Å². The highest BCUT2D eigenvalue weighted by molar-refractivity contribution is 5.79. The molecule has 0 heterocycles. The maximum atomic E-state index is 11.8. The third-order valence-electron chi connectivity index (χ3n) is 0.595. The number of hydrogen-bond donors (Lipinski definition) is 1. The highest BCUT2D eigenvalue weighted by Crippen LogP contribution is 1.92. The second-order valence-corrected chi connectivity index (χ2v) is 1.37. The molecule has 52 valence electrons. The Morgan fingerprint density at radius 3 is 2.67 bits per heavy atom. The lowest BCUT2D eigenvalue weighted by molar-refractivity contribution is -0.131. The van der Waals surface area contributed by atoms with Gasteiger partial charge >= 0.3 is 5.97 Å². The summed E-state index contributed by atoms with van der Waals surface area (Å²) in [5, 5.41) is 7.88. The van der Waals surface area contributed by atoms with Crippen LogP contribution < -0.4 is 0 Å². The molecule has 0 amide bonds. The molecule has 0 saturated carbocycles. The lowest BCUT2D eigenvalue weighted by Crippen LogP contribution is -1.98. The molecule has 0 spiro atoms. The molecular formula is C5H6F2O2. The number of alkyl halides is 2. The lowest BCUT2D eigenvalue weighted by Gasteiger charge is -1.89. The smallest absolute Gasteiger partial charge is 0.328 e. The molecule has 0 aliphatic heterocycles. The Bertz CT molecular complexity index is 122. The summed E-state index contributed by atoms with van der Waals surface area (Å²) >= 11 is 0. The van der Waals surface area contributed by atoms with Crippen molar-refractivity contribution in [3.8, 4) is 0 Å². The molecule has 0 rings (SSSR count). The standard InChI is InChI=1S/C5H6F2O2/c6-3-4(7)1-2-5(8)9/h1-2,4H,3H2,(H,8,9). The van der Waals surface area contributed by atoms with E-state index in [9.17, 15) is 13.6 Å². The number of carboxylic acid groups (broad SMARTS) is 1.